The Morgan fingerprint density at radius 3 is 2.73 bits per heavy atom. The summed E-state index contributed by atoms with van der Waals surface area (Å²) in [6.07, 6.45) is 0.575. The summed E-state index contributed by atoms with van der Waals surface area (Å²) in [7, 11) is 1.62. The molecule has 0 aliphatic carbocycles. The minimum Gasteiger partial charge on any atom is -0.475 e. The molecule has 1 unspecified atom stereocenters. The third kappa shape index (κ3) is 4.40. The molecule has 8 heteroatoms. The number of fused-ring (bicyclic) bond motifs is 3. The molecule has 0 spiro atoms. The number of ether oxygens (including phenoxy) is 3. The van der Waals surface area contributed by atoms with E-state index in [1.165, 1.54) is 0 Å². The molecule has 2 aliphatic heterocycles. The smallest absolute Gasteiger partial charge is 0.351 e. The molecule has 2 aromatic carbocycles. The zero-order chi connectivity index (χ0) is 22.8. The number of amides is 1. The Morgan fingerprint density at radius 1 is 1.15 bits per heavy atom. The van der Waals surface area contributed by atoms with E-state index in [2.05, 4.69) is 16.4 Å². The number of carbonyl (C=O) groups is 1. The Balaban J connectivity index is 1.41. The molecule has 33 heavy (non-hydrogen) atoms. The molecule has 1 aromatic heterocycles. The van der Waals surface area contributed by atoms with Crippen LogP contribution in [-0.4, -0.2) is 55.0 Å². The van der Waals surface area contributed by atoms with Crippen LogP contribution in [0.5, 0.6) is 5.88 Å². The van der Waals surface area contributed by atoms with Crippen LogP contribution in [0.1, 0.15) is 15.9 Å². The summed E-state index contributed by atoms with van der Waals surface area (Å²) in [6, 6.07) is 15.6. The van der Waals surface area contributed by atoms with Crippen LogP contribution >= 0.6 is 0 Å². The van der Waals surface area contributed by atoms with Crippen molar-refractivity contribution in [2.45, 2.75) is 19.1 Å². The molecule has 2 aliphatic rings. The molecule has 1 saturated heterocycles. The van der Waals surface area contributed by atoms with Gasteiger partial charge in [0.2, 0.25) is 5.88 Å². The highest BCUT2D eigenvalue weighted by Gasteiger charge is 2.21. The van der Waals surface area contributed by atoms with Gasteiger partial charge in [0.25, 0.3) is 5.91 Å². The Bertz CT molecular complexity index is 1230. The van der Waals surface area contributed by atoms with E-state index < -0.39 is 0 Å². The summed E-state index contributed by atoms with van der Waals surface area (Å²) in [5, 5.41) is 2.63. The summed E-state index contributed by atoms with van der Waals surface area (Å²) in [6.45, 7) is 2.45. The highest BCUT2D eigenvalue weighted by atomic mass is 16.6. The average Bonchev–Trinajstić information content (AvgIpc) is 2.87. The number of hydrogen-bond acceptors (Lipinski definition) is 6. The maximum Gasteiger partial charge on any atom is 0.351 e. The quantitative estimate of drug-likeness (QED) is 0.645. The average molecular weight is 447 g/mol. The maximum absolute atomic E-state index is 12.6. The Morgan fingerprint density at radius 2 is 1.97 bits per heavy atom. The third-order valence-electron chi connectivity index (χ3n) is 5.98. The van der Waals surface area contributed by atoms with Crippen LogP contribution in [0.15, 0.2) is 53.3 Å². The van der Waals surface area contributed by atoms with Crippen molar-refractivity contribution in [2.75, 3.05) is 33.5 Å². The first-order chi connectivity index (χ1) is 16.1. The van der Waals surface area contributed by atoms with Crippen molar-refractivity contribution in [1.29, 1.82) is 0 Å². The fourth-order valence-corrected chi connectivity index (χ4v) is 4.23. The molecular weight excluding hydrogens is 422 g/mol. The number of aromatic nitrogens is 2. The Hall–Kier alpha value is -3.49. The largest absolute Gasteiger partial charge is 0.475 e. The zero-order valence-electron chi connectivity index (χ0n) is 18.4. The number of rotatable bonds is 5. The fraction of sp³-hybridized carbons (Fsp3) is 0.320. The highest BCUT2D eigenvalue weighted by Crippen LogP contribution is 2.33. The van der Waals surface area contributed by atoms with Crippen molar-refractivity contribution in [3.8, 4) is 28.3 Å². The topological polar surface area (TPSA) is 91.7 Å². The van der Waals surface area contributed by atoms with Crippen LogP contribution in [-0.2, 0) is 22.4 Å². The van der Waals surface area contributed by atoms with Gasteiger partial charge in [-0.05, 0) is 35.2 Å². The molecular formula is C25H25N3O5. The number of nitrogens with one attached hydrogen (secondary N) is 1. The first-order valence-electron chi connectivity index (χ1n) is 11.0. The molecule has 3 heterocycles. The second-order valence-electron chi connectivity index (χ2n) is 8.07. The van der Waals surface area contributed by atoms with Crippen molar-refractivity contribution >= 4 is 5.91 Å². The van der Waals surface area contributed by atoms with Crippen molar-refractivity contribution in [2.24, 2.45) is 0 Å². The molecule has 8 nitrogen and oxygen atoms in total. The number of carbonyl (C=O) groups excluding carboxylic acids is 1. The molecule has 0 radical (unpaired) electrons. The molecule has 1 fully saturated rings. The van der Waals surface area contributed by atoms with Gasteiger partial charge in [0, 0.05) is 30.8 Å². The van der Waals surface area contributed by atoms with Crippen LogP contribution in [0, 0.1) is 0 Å². The molecule has 1 amide bonds. The van der Waals surface area contributed by atoms with E-state index in [9.17, 15) is 9.59 Å². The van der Waals surface area contributed by atoms with Gasteiger partial charge >= 0.3 is 5.69 Å². The lowest BCUT2D eigenvalue weighted by Crippen LogP contribution is -2.34. The Kier molecular flexibility index (Phi) is 5.93. The normalized spacial score (nSPS) is 17.1. The summed E-state index contributed by atoms with van der Waals surface area (Å²) >= 11 is 0. The number of aryl methyl sites for hydroxylation is 1. The molecule has 1 atom stereocenters. The fourth-order valence-electron chi connectivity index (χ4n) is 4.23. The van der Waals surface area contributed by atoms with E-state index in [1.807, 2.05) is 42.5 Å². The van der Waals surface area contributed by atoms with Gasteiger partial charge in [0.05, 0.1) is 25.5 Å². The maximum atomic E-state index is 12.6. The van der Waals surface area contributed by atoms with Gasteiger partial charge in [0.15, 0.2) is 0 Å². The molecule has 170 valence electrons. The number of benzene rings is 2. The van der Waals surface area contributed by atoms with Crippen molar-refractivity contribution in [3.05, 3.63) is 70.1 Å². The lowest BCUT2D eigenvalue weighted by atomic mass is 9.93. The molecule has 0 bridgehead atoms. The zero-order valence-corrected chi connectivity index (χ0v) is 18.4. The van der Waals surface area contributed by atoms with E-state index in [0.717, 1.165) is 34.4 Å². The summed E-state index contributed by atoms with van der Waals surface area (Å²) < 4.78 is 18.5. The standard InChI is InChI=1S/C25H25N3O5/c1-26-24(29)17-4-2-16(3-5-17)18-6-7-21-19(12-18)8-9-28-22(21)13-23(27-25(28)30)33-15-20-14-31-10-11-32-20/h2-7,12-13,20H,8-11,14-15H2,1H3,(H,26,29). The van der Waals surface area contributed by atoms with Crippen LogP contribution in [0.2, 0.25) is 0 Å². The van der Waals surface area contributed by atoms with Gasteiger partial charge in [-0.2, -0.15) is 4.98 Å². The lowest BCUT2D eigenvalue weighted by molar-refractivity contribution is -0.102. The Labute approximate surface area is 191 Å². The van der Waals surface area contributed by atoms with Crippen molar-refractivity contribution in [3.63, 3.8) is 0 Å². The SMILES string of the molecule is CNC(=O)c1ccc(-c2ccc3c(c2)CCn2c-3cc(OCC3COCCO3)nc2=O)cc1. The van der Waals surface area contributed by atoms with Gasteiger partial charge in [-0.25, -0.2) is 4.79 Å². The summed E-state index contributed by atoms with van der Waals surface area (Å²) in [5.41, 5.74) is 5.35. The van der Waals surface area contributed by atoms with E-state index in [1.54, 1.807) is 11.6 Å². The second kappa shape index (κ2) is 9.17. The minimum absolute atomic E-state index is 0.108. The van der Waals surface area contributed by atoms with Gasteiger partial charge in [-0.3, -0.25) is 9.36 Å². The van der Waals surface area contributed by atoms with Gasteiger partial charge < -0.3 is 19.5 Å². The molecule has 1 N–H and O–H groups in total. The van der Waals surface area contributed by atoms with Crippen molar-refractivity contribution in [1.82, 2.24) is 14.9 Å². The summed E-state index contributed by atoms with van der Waals surface area (Å²) in [4.78, 5) is 28.5. The molecule has 3 aromatic rings. The summed E-state index contributed by atoms with van der Waals surface area (Å²) in [5.74, 6) is 0.186. The van der Waals surface area contributed by atoms with Crippen molar-refractivity contribution < 1.29 is 19.0 Å². The van der Waals surface area contributed by atoms with E-state index in [4.69, 9.17) is 14.2 Å². The minimum atomic E-state index is -0.317. The van der Waals surface area contributed by atoms with Crippen LogP contribution in [0.25, 0.3) is 22.4 Å². The second-order valence-corrected chi connectivity index (χ2v) is 8.07. The van der Waals surface area contributed by atoms with Gasteiger partial charge in [-0.15, -0.1) is 0 Å². The molecule has 5 rings (SSSR count). The number of hydrogen-bond donors (Lipinski definition) is 1. The van der Waals surface area contributed by atoms with Crippen LogP contribution < -0.4 is 15.7 Å². The first kappa shape index (κ1) is 21.4. The van der Waals surface area contributed by atoms with Crippen LogP contribution in [0.4, 0.5) is 0 Å². The van der Waals surface area contributed by atoms with E-state index in [-0.39, 0.29) is 24.3 Å². The number of nitrogens with zero attached hydrogens (tertiary/aromatic N) is 2. The third-order valence-corrected chi connectivity index (χ3v) is 5.98. The predicted octanol–water partition coefficient (Wildman–Crippen LogP) is 2.29. The van der Waals surface area contributed by atoms with Gasteiger partial charge in [0.1, 0.15) is 12.7 Å². The lowest BCUT2D eigenvalue weighted by Gasteiger charge is -2.24. The van der Waals surface area contributed by atoms with E-state index in [0.29, 0.717) is 37.8 Å². The molecule has 0 saturated carbocycles. The monoisotopic (exact) mass is 447 g/mol. The highest BCUT2D eigenvalue weighted by molar-refractivity contribution is 5.94. The first-order valence-corrected chi connectivity index (χ1v) is 11.0. The van der Waals surface area contributed by atoms with E-state index >= 15 is 0 Å². The predicted molar refractivity (Wildman–Crippen MR) is 123 cm³/mol. The van der Waals surface area contributed by atoms with Gasteiger partial charge in [-0.1, -0.05) is 30.3 Å². The van der Waals surface area contributed by atoms with Crippen LogP contribution in [0.3, 0.4) is 0 Å².